The van der Waals surface area contributed by atoms with E-state index in [-0.39, 0.29) is 12.3 Å². The maximum absolute atomic E-state index is 13.5. The van der Waals surface area contributed by atoms with Gasteiger partial charge in [0.15, 0.2) is 0 Å². The summed E-state index contributed by atoms with van der Waals surface area (Å²) >= 11 is 3.54. The normalized spacial score (nSPS) is 12.5. The van der Waals surface area contributed by atoms with Gasteiger partial charge in [0.1, 0.15) is 18.1 Å². The molecule has 2 amide bonds. The third-order valence-corrected chi connectivity index (χ3v) is 6.35. The Hall–Kier alpha value is -3.46. The predicted molar refractivity (Wildman–Crippen MR) is 149 cm³/mol. The van der Waals surface area contributed by atoms with Gasteiger partial charge in [-0.3, -0.25) is 9.59 Å². The minimum Gasteiger partial charge on any atom is -0.492 e. The number of halogens is 1. The summed E-state index contributed by atoms with van der Waals surface area (Å²) in [6, 6.07) is 25.0. The number of carbonyl (C=O) groups excluding carboxylic acids is 2. The number of ether oxygens (including phenoxy) is 1. The molecule has 1 atom stereocenters. The molecule has 0 fully saturated rings. The number of aliphatic hydroxyl groups is 1. The van der Waals surface area contributed by atoms with E-state index < -0.39 is 17.9 Å². The lowest BCUT2D eigenvalue weighted by Crippen LogP contribution is -2.43. The van der Waals surface area contributed by atoms with E-state index in [0.29, 0.717) is 34.4 Å². The standard InChI is InChI=1S/C29H32BrN3O4/c1-33(2)16-17-37-25-15-9-14-23(19-25)26(30)27(32-28(35)22-12-7-4-8-13-22)29(36)31-24(20-34)18-21-10-5-3-6-11-21/h3-15,19,24,34H,16-18,20H2,1-2H3,(H,31,36)(H,32,35)/b27-26-/t24-/m0/s1. The fourth-order valence-corrected chi connectivity index (χ4v) is 4.04. The summed E-state index contributed by atoms with van der Waals surface area (Å²) in [4.78, 5) is 28.5. The van der Waals surface area contributed by atoms with Gasteiger partial charge >= 0.3 is 0 Å². The quantitative estimate of drug-likeness (QED) is 0.290. The van der Waals surface area contributed by atoms with Crippen LogP contribution in [0.2, 0.25) is 0 Å². The highest BCUT2D eigenvalue weighted by molar-refractivity contribution is 9.15. The second-order valence-corrected chi connectivity index (χ2v) is 9.52. The van der Waals surface area contributed by atoms with Crippen LogP contribution in [0.25, 0.3) is 4.48 Å². The van der Waals surface area contributed by atoms with E-state index in [1.54, 1.807) is 30.3 Å². The molecule has 0 spiro atoms. The van der Waals surface area contributed by atoms with Crippen LogP contribution in [-0.4, -0.2) is 61.7 Å². The first-order chi connectivity index (χ1) is 17.9. The molecule has 8 heteroatoms. The van der Waals surface area contributed by atoms with Crippen molar-refractivity contribution in [3.8, 4) is 5.75 Å². The summed E-state index contributed by atoms with van der Waals surface area (Å²) in [6.45, 7) is 1.01. The Morgan fingerprint density at radius 1 is 0.946 bits per heavy atom. The first-order valence-electron chi connectivity index (χ1n) is 12.0. The van der Waals surface area contributed by atoms with Crippen molar-refractivity contribution in [2.24, 2.45) is 0 Å². The van der Waals surface area contributed by atoms with Crippen LogP contribution in [0.1, 0.15) is 21.5 Å². The molecule has 3 rings (SSSR count). The Morgan fingerprint density at radius 2 is 1.59 bits per heavy atom. The van der Waals surface area contributed by atoms with Crippen molar-refractivity contribution in [1.29, 1.82) is 0 Å². The topological polar surface area (TPSA) is 90.9 Å². The van der Waals surface area contributed by atoms with E-state index in [2.05, 4.69) is 26.6 Å². The molecule has 0 aromatic heterocycles. The zero-order valence-electron chi connectivity index (χ0n) is 21.0. The molecule has 0 saturated carbocycles. The van der Waals surface area contributed by atoms with Crippen LogP contribution in [-0.2, 0) is 11.2 Å². The fraction of sp³-hybridized carbons (Fsp3) is 0.241. The molecule has 0 radical (unpaired) electrons. The summed E-state index contributed by atoms with van der Waals surface area (Å²) in [5.74, 6) is -0.308. The Bertz CT molecular complexity index is 1200. The first-order valence-corrected chi connectivity index (χ1v) is 12.8. The Balaban J connectivity index is 1.88. The fourth-order valence-electron chi connectivity index (χ4n) is 3.52. The number of rotatable bonds is 12. The van der Waals surface area contributed by atoms with Gasteiger partial charge in [-0.05, 0) is 71.8 Å². The molecule has 3 aromatic rings. The van der Waals surface area contributed by atoms with E-state index in [1.807, 2.05) is 73.6 Å². The van der Waals surface area contributed by atoms with Crippen LogP contribution in [0.15, 0.2) is 90.6 Å². The van der Waals surface area contributed by atoms with Crippen LogP contribution >= 0.6 is 15.9 Å². The van der Waals surface area contributed by atoms with Gasteiger partial charge in [-0.25, -0.2) is 0 Å². The zero-order valence-corrected chi connectivity index (χ0v) is 22.6. The number of aliphatic hydroxyl groups excluding tert-OH is 1. The molecule has 0 heterocycles. The number of likely N-dealkylation sites (N-methyl/N-ethyl adjacent to an activating group) is 1. The third-order valence-electron chi connectivity index (χ3n) is 5.50. The van der Waals surface area contributed by atoms with Crippen molar-refractivity contribution in [3.05, 3.63) is 107 Å². The van der Waals surface area contributed by atoms with Gasteiger partial charge < -0.3 is 25.4 Å². The molecule has 194 valence electrons. The summed E-state index contributed by atoms with van der Waals surface area (Å²) in [5, 5.41) is 15.6. The minimum atomic E-state index is -0.542. The molecule has 7 nitrogen and oxygen atoms in total. The highest BCUT2D eigenvalue weighted by atomic mass is 79.9. The third kappa shape index (κ3) is 8.86. The molecular formula is C29H32BrN3O4. The SMILES string of the molecule is CN(C)CCOc1cccc(/C(Br)=C(/NC(=O)c2ccccc2)C(=O)N[C@H](CO)Cc2ccccc2)c1. The average molecular weight is 566 g/mol. The number of carbonyl (C=O) groups is 2. The molecule has 3 aromatic carbocycles. The number of amides is 2. The summed E-state index contributed by atoms with van der Waals surface area (Å²) in [7, 11) is 3.94. The molecular weight excluding hydrogens is 534 g/mol. The molecule has 0 bridgehead atoms. The smallest absolute Gasteiger partial charge is 0.269 e. The van der Waals surface area contributed by atoms with Gasteiger partial charge in [-0.2, -0.15) is 0 Å². The van der Waals surface area contributed by atoms with Crippen LogP contribution in [0.4, 0.5) is 0 Å². The van der Waals surface area contributed by atoms with E-state index in [0.717, 1.165) is 12.1 Å². The second-order valence-electron chi connectivity index (χ2n) is 8.73. The maximum atomic E-state index is 13.5. The molecule has 37 heavy (non-hydrogen) atoms. The summed E-state index contributed by atoms with van der Waals surface area (Å²) in [6.07, 6.45) is 0.440. The van der Waals surface area contributed by atoms with Crippen LogP contribution in [0.5, 0.6) is 5.75 Å². The van der Waals surface area contributed by atoms with Crippen molar-refractivity contribution >= 4 is 32.2 Å². The lowest BCUT2D eigenvalue weighted by Gasteiger charge is -2.19. The van der Waals surface area contributed by atoms with Crippen molar-refractivity contribution in [2.45, 2.75) is 12.5 Å². The molecule has 0 saturated heterocycles. The van der Waals surface area contributed by atoms with E-state index in [9.17, 15) is 14.7 Å². The molecule has 0 aliphatic carbocycles. The molecule has 0 aliphatic heterocycles. The van der Waals surface area contributed by atoms with Crippen LogP contribution in [0.3, 0.4) is 0 Å². The first kappa shape index (κ1) is 28.1. The van der Waals surface area contributed by atoms with E-state index in [1.165, 1.54) is 0 Å². The van der Waals surface area contributed by atoms with Crippen LogP contribution in [0, 0.1) is 0 Å². The summed E-state index contributed by atoms with van der Waals surface area (Å²) in [5.41, 5.74) is 2.08. The van der Waals surface area contributed by atoms with Crippen molar-refractivity contribution < 1.29 is 19.4 Å². The number of nitrogens with zero attached hydrogens (tertiary/aromatic N) is 1. The average Bonchev–Trinajstić information content (AvgIpc) is 2.91. The van der Waals surface area contributed by atoms with Gasteiger partial charge in [0.25, 0.3) is 11.8 Å². The number of benzene rings is 3. The number of hydrogen-bond donors (Lipinski definition) is 3. The highest BCUT2D eigenvalue weighted by Crippen LogP contribution is 2.28. The molecule has 0 unspecified atom stereocenters. The van der Waals surface area contributed by atoms with Gasteiger partial charge in [0.2, 0.25) is 0 Å². The largest absolute Gasteiger partial charge is 0.492 e. The van der Waals surface area contributed by atoms with Crippen molar-refractivity contribution in [3.63, 3.8) is 0 Å². The maximum Gasteiger partial charge on any atom is 0.269 e. The Morgan fingerprint density at radius 3 is 2.24 bits per heavy atom. The van der Waals surface area contributed by atoms with Gasteiger partial charge in [-0.1, -0.05) is 60.7 Å². The summed E-state index contributed by atoms with van der Waals surface area (Å²) < 4.78 is 6.23. The number of hydrogen-bond acceptors (Lipinski definition) is 5. The van der Waals surface area contributed by atoms with E-state index >= 15 is 0 Å². The predicted octanol–water partition coefficient (Wildman–Crippen LogP) is 3.84. The minimum absolute atomic E-state index is 0.0332. The van der Waals surface area contributed by atoms with Crippen molar-refractivity contribution in [1.82, 2.24) is 15.5 Å². The van der Waals surface area contributed by atoms with E-state index in [4.69, 9.17) is 4.74 Å². The van der Waals surface area contributed by atoms with Gasteiger partial charge in [-0.15, -0.1) is 0 Å². The monoisotopic (exact) mass is 565 g/mol. The van der Waals surface area contributed by atoms with Gasteiger partial charge in [0, 0.05) is 12.1 Å². The molecule has 0 aliphatic rings. The van der Waals surface area contributed by atoms with Crippen molar-refractivity contribution in [2.75, 3.05) is 33.9 Å². The highest BCUT2D eigenvalue weighted by Gasteiger charge is 2.22. The Kier molecular flexibility index (Phi) is 10.9. The van der Waals surface area contributed by atoms with Crippen LogP contribution < -0.4 is 15.4 Å². The molecule has 3 N–H and O–H groups in total. The Labute approximate surface area is 226 Å². The van der Waals surface area contributed by atoms with Gasteiger partial charge in [0.05, 0.1) is 17.1 Å². The number of nitrogens with one attached hydrogen (secondary N) is 2. The zero-order chi connectivity index (χ0) is 26.6. The lowest BCUT2D eigenvalue weighted by atomic mass is 10.1. The second kappa shape index (κ2) is 14.3. The lowest BCUT2D eigenvalue weighted by molar-refractivity contribution is -0.118.